The molecule has 1 atom stereocenters. The van der Waals surface area contributed by atoms with Crippen LogP contribution in [-0.4, -0.2) is 18.1 Å². The minimum absolute atomic E-state index is 0.622. The average molecular weight is 224 g/mol. The van der Waals surface area contributed by atoms with Gasteiger partial charge in [0.25, 0.3) is 0 Å². The molecule has 0 bridgehead atoms. The number of nitrogens with zero attached hydrogens (tertiary/aromatic N) is 1. The Kier molecular flexibility index (Phi) is 3.76. The molecule has 1 aliphatic rings. The van der Waals surface area contributed by atoms with Gasteiger partial charge < -0.3 is 5.32 Å². The Labute approximate surface area is 96.1 Å². The number of rotatable bonds is 5. The summed E-state index contributed by atoms with van der Waals surface area (Å²) in [4.78, 5) is 4.53. The van der Waals surface area contributed by atoms with Gasteiger partial charge in [0.15, 0.2) is 0 Å². The third kappa shape index (κ3) is 3.02. The number of aromatic nitrogens is 1. The predicted octanol–water partition coefficient (Wildman–Crippen LogP) is 2.77. The van der Waals surface area contributed by atoms with E-state index < -0.39 is 0 Å². The second-order valence-corrected chi connectivity index (χ2v) is 5.64. The quantitative estimate of drug-likeness (QED) is 0.832. The van der Waals surface area contributed by atoms with E-state index in [1.54, 1.807) is 11.3 Å². The fourth-order valence-electron chi connectivity index (χ4n) is 2.19. The highest BCUT2D eigenvalue weighted by Gasteiger charge is 2.21. The Hall–Kier alpha value is -0.410. The SMILES string of the molecule is CNC(Cc1csc(C)n1)CC1CCC1. The minimum Gasteiger partial charge on any atom is -0.317 e. The summed E-state index contributed by atoms with van der Waals surface area (Å²) in [6, 6.07) is 0.622. The molecule has 1 aliphatic carbocycles. The number of aryl methyl sites for hydroxylation is 1. The molecule has 0 saturated heterocycles. The van der Waals surface area contributed by atoms with E-state index in [1.807, 2.05) is 0 Å². The van der Waals surface area contributed by atoms with E-state index in [0.717, 1.165) is 12.3 Å². The van der Waals surface area contributed by atoms with Crippen LogP contribution in [0.5, 0.6) is 0 Å². The van der Waals surface area contributed by atoms with Crippen LogP contribution in [0, 0.1) is 12.8 Å². The lowest BCUT2D eigenvalue weighted by Gasteiger charge is -2.29. The largest absolute Gasteiger partial charge is 0.317 e. The molecule has 2 nitrogen and oxygen atoms in total. The van der Waals surface area contributed by atoms with E-state index in [-0.39, 0.29) is 0 Å². The molecular formula is C12H20N2S. The Balaban J connectivity index is 1.84. The molecular weight excluding hydrogens is 204 g/mol. The molecule has 84 valence electrons. The summed E-state index contributed by atoms with van der Waals surface area (Å²) in [5, 5.41) is 6.80. The van der Waals surface area contributed by atoms with Crippen LogP contribution in [0.3, 0.4) is 0 Å². The Morgan fingerprint density at radius 3 is 2.87 bits per heavy atom. The first kappa shape index (κ1) is 11.1. The molecule has 0 amide bonds. The number of likely N-dealkylation sites (N-methyl/N-ethyl adjacent to an activating group) is 1. The number of thiazole rings is 1. The molecule has 1 unspecified atom stereocenters. The minimum atomic E-state index is 0.622. The number of nitrogens with one attached hydrogen (secondary N) is 1. The smallest absolute Gasteiger partial charge is 0.0897 e. The first-order valence-corrected chi connectivity index (χ1v) is 6.74. The number of hydrogen-bond donors (Lipinski definition) is 1. The van der Waals surface area contributed by atoms with Crippen molar-refractivity contribution >= 4 is 11.3 Å². The van der Waals surface area contributed by atoms with Gasteiger partial charge >= 0.3 is 0 Å². The lowest BCUT2D eigenvalue weighted by molar-refractivity contribution is 0.263. The highest BCUT2D eigenvalue weighted by molar-refractivity contribution is 7.09. The normalized spacial score (nSPS) is 18.8. The van der Waals surface area contributed by atoms with Crippen molar-refractivity contribution in [3.8, 4) is 0 Å². The van der Waals surface area contributed by atoms with Crippen molar-refractivity contribution in [1.82, 2.24) is 10.3 Å². The average Bonchev–Trinajstić information content (AvgIpc) is 2.55. The molecule has 1 N–H and O–H groups in total. The molecule has 1 fully saturated rings. The van der Waals surface area contributed by atoms with Crippen LogP contribution in [0.25, 0.3) is 0 Å². The van der Waals surface area contributed by atoms with E-state index >= 15 is 0 Å². The molecule has 15 heavy (non-hydrogen) atoms. The lowest BCUT2D eigenvalue weighted by Crippen LogP contribution is -2.32. The first-order chi connectivity index (χ1) is 7.28. The second kappa shape index (κ2) is 5.08. The fraction of sp³-hybridized carbons (Fsp3) is 0.750. The zero-order chi connectivity index (χ0) is 10.7. The van der Waals surface area contributed by atoms with Gasteiger partial charge in [-0.3, -0.25) is 0 Å². The molecule has 0 aliphatic heterocycles. The maximum Gasteiger partial charge on any atom is 0.0897 e. The molecule has 0 spiro atoms. The van der Waals surface area contributed by atoms with Crippen molar-refractivity contribution in [3.05, 3.63) is 16.1 Å². The molecule has 0 radical (unpaired) electrons. The van der Waals surface area contributed by atoms with Crippen LogP contribution < -0.4 is 5.32 Å². The van der Waals surface area contributed by atoms with Gasteiger partial charge in [0.2, 0.25) is 0 Å². The van der Waals surface area contributed by atoms with E-state index in [4.69, 9.17) is 0 Å². The fourth-order valence-corrected chi connectivity index (χ4v) is 2.81. The summed E-state index contributed by atoms with van der Waals surface area (Å²) in [5.41, 5.74) is 1.26. The summed E-state index contributed by atoms with van der Waals surface area (Å²) in [7, 11) is 2.07. The van der Waals surface area contributed by atoms with Gasteiger partial charge in [-0.2, -0.15) is 0 Å². The van der Waals surface area contributed by atoms with Crippen molar-refractivity contribution in [2.45, 2.75) is 45.1 Å². The van der Waals surface area contributed by atoms with Crippen molar-refractivity contribution in [2.24, 2.45) is 5.92 Å². The Morgan fingerprint density at radius 1 is 1.60 bits per heavy atom. The van der Waals surface area contributed by atoms with Crippen LogP contribution in [-0.2, 0) is 6.42 Å². The molecule has 0 aromatic carbocycles. The summed E-state index contributed by atoms with van der Waals surface area (Å²) in [5.74, 6) is 0.974. The lowest BCUT2D eigenvalue weighted by atomic mass is 9.80. The zero-order valence-electron chi connectivity index (χ0n) is 9.62. The van der Waals surface area contributed by atoms with Gasteiger partial charge in [-0.25, -0.2) is 4.98 Å². The van der Waals surface area contributed by atoms with E-state index in [9.17, 15) is 0 Å². The van der Waals surface area contributed by atoms with Gasteiger partial charge in [0.05, 0.1) is 10.7 Å². The summed E-state index contributed by atoms with van der Waals surface area (Å²) >= 11 is 1.76. The van der Waals surface area contributed by atoms with Crippen molar-refractivity contribution < 1.29 is 0 Å². The maximum atomic E-state index is 4.53. The van der Waals surface area contributed by atoms with Gasteiger partial charge in [-0.15, -0.1) is 11.3 Å². The van der Waals surface area contributed by atoms with Gasteiger partial charge in [0.1, 0.15) is 0 Å². The Bertz CT molecular complexity index is 304. The topological polar surface area (TPSA) is 24.9 Å². The van der Waals surface area contributed by atoms with Crippen LogP contribution >= 0.6 is 11.3 Å². The van der Waals surface area contributed by atoms with Crippen LogP contribution in [0.15, 0.2) is 5.38 Å². The standard InChI is InChI=1S/C12H20N2S/c1-9-14-12(8-15-9)7-11(13-2)6-10-4-3-5-10/h8,10-11,13H,3-7H2,1-2H3. The van der Waals surface area contributed by atoms with Crippen molar-refractivity contribution in [2.75, 3.05) is 7.05 Å². The summed E-state index contributed by atoms with van der Waals surface area (Å²) < 4.78 is 0. The highest BCUT2D eigenvalue weighted by atomic mass is 32.1. The van der Waals surface area contributed by atoms with Crippen LogP contribution in [0.1, 0.15) is 36.4 Å². The number of hydrogen-bond acceptors (Lipinski definition) is 3. The third-order valence-corrected chi connectivity index (χ3v) is 4.20. The summed E-state index contributed by atoms with van der Waals surface area (Å²) in [6.45, 7) is 2.08. The van der Waals surface area contributed by atoms with Crippen LogP contribution in [0.4, 0.5) is 0 Å². The van der Waals surface area contributed by atoms with Gasteiger partial charge in [-0.1, -0.05) is 19.3 Å². The van der Waals surface area contributed by atoms with E-state index in [0.29, 0.717) is 6.04 Å². The Morgan fingerprint density at radius 2 is 2.40 bits per heavy atom. The van der Waals surface area contributed by atoms with Crippen LogP contribution in [0.2, 0.25) is 0 Å². The summed E-state index contributed by atoms with van der Waals surface area (Å²) in [6.07, 6.45) is 6.74. The van der Waals surface area contributed by atoms with Gasteiger partial charge in [-0.05, 0) is 26.3 Å². The molecule has 1 saturated carbocycles. The highest BCUT2D eigenvalue weighted by Crippen LogP contribution is 2.31. The predicted molar refractivity (Wildman–Crippen MR) is 65.4 cm³/mol. The third-order valence-electron chi connectivity index (χ3n) is 3.37. The molecule has 1 heterocycles. The molecule has 1 aromatic rings. The van der Waals surface area contributed by atoms with E-state index in [1.165, 1.54) is 36.4 Å². The monoisotopic (exact) mass is 224 g/mol. The van der Waals surface area contributed by atoms with Crippen molar-refractivity contribution in [1.29, 1.82) is 0 Å². The van der Waals surface area contributed by atoms with E-state index in [2.05, 4.69) is 29.7 Å². The second-order valence-electron chi connectivity index (χ2n) is 4.58. The van der Waals surface area contributed by atoms with Crippen molar-refractivity contribution in [3.63, 3.8) is 0 Å². The maximum absolute atomic E-state index is 4.53. The molecule has 1 aromatic heterocycles. The zero-order valence-corrected chi connectivity index (χ0v) is 10.4. The van der Waals surface area contributed by atoms with Gasteiger partial charge in [0, 0.05) is 17.8 Å². The molecule has 3 heteroatoms. The first-order valence-electron chi connectivity index (χ1n) is 5.86. The molecule has 2 rings (SSSR count).